The van der Waals surface area contributed by atoms with Gasteiger partial charge >= 0.3 is 6.18 Å². The van der Waals surface area contributed by atoms with E-state index in [1.807, 2.05) is 0 Å². The number of alkyl halides is 3. The molecule has 7 nitrogen and oxygen atoms in total. The summed E-state index contributed by atoms with van der Waals surface area (Å²) >= 11 is 6.07. The summed E-state index contributed by atoms with van der Waals surface area (Å²) in [5.74, 6) is -2.34. The van der Waals surface area contributed by atoms with Crippen LogP contribution in [0.1, 0.15) is 16.1 Å². The van der Waals surface area contributed by atoms with Crippen molar-refractivity contribution in [2.75, 3.05) is 7.05 Å². The average Bonchev–Trinajstić information content (AvgIpc) is 3.38. The number of pyridine rings is 1. The van der Waals surface area contributed by atoms with Crippen LogP contribution in [0.4, 0.5) is 17.6 Å². The van der Waals surface area contributed by atoms with Gasteiger partial charge in [-0.1, -0.05) is 28.9 Å². The normalized spacial score (nSPS) is 11.6. The molecule has 0 spiro atoms. The van der Waals surface area contributed by atoms with Crippen LogP contribution in [0.5, 0.6) is 0 Å². The first-order valence-corrected chi connectivity index (χ1v) is 9.35. The molecule has 0 atom stereocenters. The predicted molar refractivity (Wildman–Crippen MR) is 106 cm³/mol. The molecule has 4 rings (SSSR count). The van der Waals surface area contributed by atoms with Gasteiger partial charge in [0.2, 0.25) is 0 Å². The average molecular weight is 466 g/mol. The van der Waals surface area contributed by atoms with Gasteiger partial charge in [0.15, 0.2) is 17.3 Å². The fourth-order valence-electron chi connectivity index (χ4n) is 3.14. The van der Waals surface area contributed by atoms with Crippen molar-refractivity contribution >= 4 is 17.5 Å². The summed E-state index contributed by atoms with van der Waals surface area (Å²) < 4.78 is 62.4. The van der Waals surface area contributed by atoms with Crippen LogP contribution in [0.2, 0.25) is 5.02 Å². The first kappa shape index (κ1) is 21.5. The molecule has 0 aliphatic carbocycles. The minimum absolute atomic E-state index is 0.102. The third-order valence-electron chi connectivity index (χ3n) is 4.49. The van der Waals surface area contributed by atoms with E-state index in [0.29, 0.717) is 4.68 Å². The van der Waals surface area contributed by atoms with E-state index in [1.54, 1.807) is 0 Å². The lowest BCUT2D eigenvalue weighted by atomic mass is 10.0. The maximum atomic E-state index is 14.5. The Morgan fingerprint density at radius 3 is 2.59 bits per heavy atom. The molecule has 1 aromatic carbocycles. The van der Waals surface area contributed by atoms with Crippen LogP contribution in [0.3, 0.4) is 0 Å². The number of carbonyl (C=O) groups excluding carboxylic acids is 1. The highest BCUT2D eigenvalue weighted by Crippen LogP contribution is 2.42. The smallest absolute Gasteiger partial charge is 0.355 e. The Morgan fingerprint density at radius 1 is 1.19 bits per heavy atom. The monoisotopic (exact) mass is 465 g/mol. The topological polar surface area (TPSA) is 85.8 Å². The van der Waals surface area contributed by atoms with Crippen molar-refractivity contribution in [3.63, 3.8) is 0 Å². The highest BCUT2D eigenvalue weighted by Gasteiger charge is 2.42. The number of benzene rings is 1. The molecule has 3 heterocycles. The van der Waals surface area contributed by atoms with E-state index in [-0.39, 0.29) is 22.1 Å². The predicted octanol–water partition coefficient (Wildman–Crippen LogP) is 4.76. The number of hydrogen-bond acceptors (Lipinski definition) is 5. The third-order valence-corrected chi connectivity index (χ3v) is 4.81. The van der Waals surface area contributed by atoms with Crippen molar-refractivity contribution in [1.82, 2.24) is 25.2 Å². The van der Waals surface area contributed by atoms with Crippen molar-refractivity contribution in [2.24, 2.45) is 0 Å². The molecule has 0 saturated heterocycles. The third kappa shape index (κ3) is 3.60. The zero-order valence-corrected chi connectivity index (χ0v) is 16.9. The molecule has 0 radical (unpaired) electrons. The van der Waals surface area contributed by atoms with Gasteiger partial charge in [0.05, 0.1) is 22.3 Å². The van der Waals surface area contributed by atoms with E-state index in [1.165, 1.54) is 43.6 Å². The highest BCUT2D eigenvalue weighted by atomic mass is 35.5. The minimum atomic E-state index is -4.91. The van der Waals surface area contributed by atoms with Gasteiger partial charge in [-0.3, -0.25) is 4.79 Å². The lowest BCUT2D eigenvalue weighted by Crippen LogP contribution is -2.20. The number of halogens is 5. The molecule has 0 unspecified atom stereocenters. The summed E-state index contributed by atoms with van der Waals surface area (Å²) in [5, 5.41) is 9.66. The van der Waals surface area contributed by atoms with E-state index in [9.17, 15) is 22.4 Å². The van der Waals surface area contributed by atoms with E-state index in [2.05, 4.69) is 20.6 Å². The number of hydrogen-bond donors (Lipinski definition) is 1. The van der Waals surface area contributed by atoms with E-state index in [4.69, 9.17) is 16.1 Å². The molecular weight excluding hydrogens is 454 g/mol. The second-order valence-corrected chi connectivity index (χ2v) is 6.82. The van der Waals surface area contributed by atoms with E-state index in [0.717, 1.165) is 12.3 Å². The van der Waals surface area contributed by atoms with Crippen molar-refractivity contribution in [3.8, 4) is 28.4 Å². The standard InChI is InChI=1S/C20H12ClF4N5O2/c1-26-19(31)15-16(14-11(21)5-4-6-12(14)22)29-32-17(15)10-9-28-30(18(10)20(23,24)25)13-7-2-3-8-27-13/h2-9H,1H3,(H,26,31). The van der Waals surface area contributed by atoms with Crippen LogP contribution in [0.15, 0.2) is 53.3 Å². The Labute approximate surface area is 182 Å². The first-order chi connectivity index (χ1) is 15.2. The lowest BCUT2D eigenvalue weighted by molar-refractivity contribution is -0.142. The molecule has 4 aromatic rings. The number of nitrogens with one attached hydrogen (secondary N) is 1. The van der Waals surface area contributed by atoms with Gasteiger partial charge < -0.3 is 9.84 Å². The number of rotatable bonds is 4. The summed E-state index contributed by atoms with van der Waals surface area (Å²) in [6.07, 6.45) is -2.73. The van der Waals surface area contributed by atoms with Crippen LogP contribution in [0, 0.1) is 5.82 Å². The molecule has 12 heteroatoms. The fourth-order valence-corrected chi connectivity index (χ4v) is 3.40. The van der Waals surface area contributed by atoms with Crippen molar-refractivity contribution in [3.05, 3.63) is 70.9 Å². The second kappa shape index (κ2) is 8.08. The van der Waals surface area contributed by atoms with Crippen LogP contribution < -0.4 is 5.32 Å². The Balaban J connectivity index is 2.01. The van der Waals surface area contributed by atoms with Crippen LogP contribution >= 0.6 is 11.6 Å². The highest BCUT2D eigenvalue weighted by molar-refractivity contribution is 6.33. The molecule has 0 bridgehead atoms. The summed E-state index contributed by atoms with van der Waals surface area (Å²) in [5.41, 5.74) is -2.88. The Morgan fingerprint density at radius 2 is 1.97 bits per heavy atom. The maximum absolute atomic E-state index is 14.5. The molecule has 3 aromatic heterocycles. The fraction of sp³-hybridized carbons (Fsp3) is 0.100. The summed E-state index contributed by atoms with van der Waals surface area (Å²) in [7, 11) is 1.26. The number of aromatic nitrogens is 4. The van der Waals surface area contributed by atoms with Gasteiger partial charge in [-0.15, -0.1) is 0 Å². The molecule has 164 valence electrons. The molecule has 0 aliphatic rings. The van der Waals surface area contributed by atoms with Crippen molar-refractivity contribution in [2.45, 2.75) is 6.18 Å². The van der Waals surface area contributed by atoms with Crippen molar-refractivity contribution in [1.29, 1.82) is 0 Å². The maximum Gasteiger partial charge on any atom is 0.434 e. The van der Waals surface area contributed by atoms with Crippen LogP contribution in [0.25, 0.3) is 28.4 Å². The quantitative estimate of drug-likeness (QED) is 0.439. The number of amides is 1. The minimum Gasteiger partial charge on any atom is -0.355 e. The Bertz CT molecular complexity index is 1280. The molecule has 0 fully saturated rings. The van der Waals surface area contributed by atoms with Gasteiger partial charge in [-0.25, -0.2) is 14.1 Å². The summed E-state index contributed by atoms with van der Waals surface area (Å²) in [6, 6.07) is 8.11. The lowest BCUT2D eigenvalue weighted by Gasteiger charge is -2.11. The number of nitrogens with zero attached hydrogens (tertiary/aromatic N) is 4. The van der Waals surface area contributed by atoms with Crippen molar-refractivity contribution < 1.29 is 26.9 Å². The SMILES string of the molecule is CNC(=O)c1c(-c2c(F)cccc2Cl)noc1-c1cnn(-c2ccccn2)c1C(F)(F)F. The molecule has 1 amide bonds. The van der Waals surface area contributed by atoms with Crippen LogP contribution in [-0.2, 0) is 6.18 Å². The van der Waals surface area contributed by atoms with Gasteiger partial charge in [-0.05, 0) is 24.3 Å². The van der Waals surface area contributed by atoms with Gasteiger partial charge in [0.25, 0.3) is 5.91 Å². The zero-order valence-electron chi connectivity index (χ0n) is 16.1. The molecular formula is C20H12ClF4N5O2. The van der Waals surface area contributed by atoms with E-state index >= 15 is 0 Å². The summed E-state index contributed by atoms with van der Waals surface area (Å²) in [4.78, 5) is 16.5. The van der Waals surface area contributed by atoms with E-state index < -0.39 is 40.5 Å². The van der Waals surface area contributed by atoms with Crippen LogP contribution in [-0.4, -0.2) is 32.9 Å². The molecule has 32 heavy (non-hydrogen) atoms. The Kier molecular flexibility index (Phi) is 5.43. The van der Waals surface area contributed by atoms with Gasteiger partial charge in [0, 0.05) is 13.2 Å². The first-order valence-electron chi connectivity index (χ1n) is 8.97. The second-order valence-electron chi connectivity index (χ2n) is 6.42. The van der Waals surface area contributed by atoms with Gasteiger partial charge in [-0.2, -0.15) is 18.3 Å². The summed E-state index contributed by atoms with van der Waals surface area (Å²) in [6.45, 7) is 0. The van der Waals surface area contributed by atoms with Gasteiger partial charge in [0.1, 0.15) is 17.1 Å². The molecule has 0 saturated carbocycles. The Hall–Kier alpha value is -3.73. The molecule has 0 aliphatic heterocycles. The molecule has 1 N–H and O–H groups in total. The zero-order chi connectivity index (χ0) is 23.0. The number of carbonyl (C=O) groups is 1. The largest absolute Gasteiger partial charge is 0.434 e.